The summed E-state index contributed by atoms with van der Waals surface area (Å²) in [7, 11) is 0. The first-order chi connectivity index (χ1) is 11.1. The van der Waals surface area contributed by atoms with Gasteiger partial charge in [-0.25, -0.2) is 4.39 Å². The molecule has 2 aromatic carbocycles. The maximum Gasteiger partial charge on any atom is 0.231 e. The van der Waals surface area contributed by atoms with Gasteiger partial charge in [-0.3, -0.25) is 4.79 Å². The third kappa shape index (κ3) is 3.96. The van der Waals surface area contributed by atoms with Crippen molar-refractivity contribution >= 4 is 17.7 Å². The van der Waals surface area contributed by atoms with E-state index in [1.165, 1.54) is 23.9 Å². The molecular weight excluding hydrogens is 317 g/mol. The van der Waals surface area contributed by atoms with Gasteiger partial charge in [0.15, 0.2) is 11.5 Å². The smallest absolute Gasteiger partial charge is 0.231 e. The summed E-state index contributed by atoms with van der Waals surface area (Å²) in [4.78, 5) is 12.9. The van der Waals surface area contributed by atoms with E-state index >= 15 is 0 Å². The van der Waals surface area contributed by atoms with Gasteiger partial charge in [-0.05, 0) is 48.9 Å². The van der Waals surface area contributed by atoms with E-state index in [4.69, 9.17) is 9.47 Å². The predicted octanol–water partition coefficient (Wildman–Crippen LogP) is 3.52. The van der Waals surface area contributed by atoms with Crippen molar-refractivity contribution in [1.29, 1.82) is 0 Å². The van der Waals surface area contributed by atoms with Crippen molar-refractivity contribution in [2.24, 2.45) is 0 Å². The number of fused-ring (bicyclic) bond motifs is 1. The maximum atomic E-state index is 12.8. The maximum absolute atomic E-state index is 12.8. The van der Waals surface area contributed by atoms with Gasteiger partial charge < -0.3 is 14.8 Å². The molecule has 1 atom stereocenters. The molecule has 1 unspecified atom stereocenters. The monoisotopic (exact) mass is 333 g/mol. The molecule has 1 N–H and O–H groups in total. The molecule has 1 aliphatic rings. The second-order valence-corrected chi connectivity index (χ2v) is 6.19. The predicted molar refractivity (Wildman–Crippen MR) is 86.2 cm³/mol. The van der Waals surface area contributed by atoms with E-state index in [0.29, 0.717) is 5.75 Å². The first kappa shape index (κ1) is 15.7. The number of nitrogens with one attached hydrogen (secondary N) is 1. The first-order valence-corrected chi connectivity index (χ1v) is 8.17. The molecule has 0 aromatic heterocycles. The van der Waals surface area contributed by atoms with Crippen LogP contribution in [0.3, 0.4) is 0 Å². The summed E-state index contributed by atoms with van der Waals surface area (Å²) in [6.07, 6.45) is 0. The van der Waals surface area contributed by atoms with Gasteiger partial charge in [0.1, 0.15) is 5.82 Å². The van der Waals surface area contributed by atoms with Crippen molar-refractivity contribution in [3.8, 4) is 11.5 Å². The molecule has 0 spiro atoms. The third-order valence-corrected chi connectivity index (χ3v) is 4.47. The minimum Gasteiger partial charge on any atom is -0.454 e. The van der Waals surface area contributed by atoms with Crippen LogP contribution < -0.4 is 14.8 Å². The Morgan fingerprint density at radius 1 is 1.22 bits per heavy atom. The van der Waals surface area contributed by atoms with Crippen molar-refractivity contribution in [2.45, 2.75) is 17.9 Å². The molecule has 1 amide bonds. The van der Waals surface area contributed by atoms with E-state index in [0.717, 1.165) is 16.2 Å². The van der Waals surface area contributed by atoms with Crippen molar-refractivity contribution in [3.63, 3.8) is 0 Å². The van der Waals surface area contributed by atoms with Crippen LogP contribution in [-0.2, 0) is 4.79 Å². The van der Waals surface area contributed by atoms with E-state index < -0.39 is 0 Å². The average Bonchev–Trinajstić information content (AvgIpc) is 3.02. The molecule has 23 heavy (non-hydrogen) atoms. The molecule has 0 radical (unpaired) electrons. The largest absolute Gasteiger partial charge is 0.454 e. The van der Waals surface area contributed by atoms with E-state index in [-0.39, 0.29) is 30.3 Å². The standard InChI is InChI=1S/C17H16FNO3S/c1-11(12-2-7-15-16(8-12)22-10-21-15)19-17(20)9-23-14-5-3-13(18)4-6-14/h2-8,11H,9-10H2,1H3,(H,19,20). The lowest BCUT2D eigenvalue weighted by molar-refractivity contribution is -0.119. The second-order valence-electron chi connectivity index (χ2n) is 5.14. The molecule has 120 valence electrons. The quantitative estimate of drug-likeness (QED) is 0.851. The molecule has 0 fully saturated rings. The normalized spacial score (nSPS) is 13.7. The summed E-state index contributed by atoms with van der Waals surface area (Å²) < 4.78 is 23.4. The fourth-order valence-electron chi connectivity index (χ4n) is 2.23. The van der Waals surface area contributed by atoms with Gasteiger partial charge in [-0.15, -0.1) is 11.8 Å². The van der Waals surface area contributed by atoms with E-state index in [1.54, 1.807) is 12.1 Å². The lowest BCUT2D eigenvalue weighted by atomic mass is 10.1. The van der Waals surface area contributed by atoms with Crippen LogP contribution in [0.5, 0.6) is 11.5 Å². The van der Waals surface area contributed by atoms with Crippen LogP contribution in [-0.4, -0.2) is 18.5 Å². The van der Waals surface area contributed by atoms with Crippen LogP contribution in [0.4, 0.5) is 4.39 Å². The van der Waals surface area contributed by atoms with Crippen molar-refractivity contribution in [1.82, 2.24) is 5.32 Å². The highest BCUT2D eigenvalue weighted by molar-refractivity contribution is 8.00. The van der Waals surface area contributed by atoms with Crippen LogP contribution >= 0.6 is 11.8 Å². The molecule has 0 aliphatic carbocycles. The number of rotatable bonds is 5. The molecule has 0 saturated heterocycles. The fourth-order valence-corrected chi connectivity index (χ4v) is 2.94. The third-order valence-electron chi connectivity index (χ3n) is 3.46. The highest BCUT2D eigenvalue weighted by atomic mass is 32.2. The minimum atomic E-state index is -0.282. The fraction of sp³-hybridized carbons (Fsp3) is 0.235. The van der Waals surface area contributed by atoms with Crippen LogP contribution in [0.25, 0.3) is 0 Å². The topological polar surface area (TPSA) is 47.6 Å². The molecule has 6 heteroatoms. The lowest BCUT2D eigenvalue weighted by Crippen LogP contribution is -2.28. The van der Waals surface area contributed by atoms with Crippen LogP contribution in [0.2, 0.25) is 0 Å². The Balaban J connectivity index is 1.54. The van der Waals surface area contributed by atoms with Crippen LogP contribution in [0.15, 0.2) is 47.4 Å². The van der Waals surface area contributed by atoms with Gasteiger partial charge in [0, 0.05) is 4.90 Å². The Labute approximate surface area is 138 Å². The van der Waals surface area contributed by atoms with E-state index in [2.05, 4.69) is 5.32 Å². The molecule has 1 aliphatic heterocycles. The highest BCUT2D eigenvalue weighted by Crippen LogP contribution is 2.34. The van der Waals surface area contributed by atoms with Gasteiger partial charge in [0.05, 0.1) is 11.8 Å². The zero-order chi connectivity index (χ0) is 16.2. The van der Waals surface area contributed by atoms with Crippen molar-refractivity contribution in [3.05, 3.63) is 53.8 Å². The number of ether oxygens (including phenoxy) is 2. The summed E-state index contributed by atoms with van der Waals surface area (Å²) in [5.74, 6) is 1.34. The SMILES string of the molecule is CC(NC(=O)CSc1ccc(F)cc1)c1ccc2c(c1)OCO2. The molecule has 0 saturated carbocycles. The second kappa shape index (κ2) is 6.91. The molecular formula is C17H16FNO3S. The lowest BCUT2D eigenvalue weighted by Gasteiger charge is -2.14. The summed E-state index contributed by atoms with van der Waals surface area (Å²) in [5.41, 5.74) is 0.953. The summed E-state index contributed by atoms with van der Waals surface area (Å²) in [6, 6.07) is 11.6. The zero-order valence-corrected chi connectivity index (χ0v) is 13.4. The Bertz CT molecular complexity index is 705. The van der Waals surface area contributed by atoms with Gasteiger partial charge in [-0.2, -0.15) is 0 Å². The Morgan fingerprint density at radius 2 is 1.96 bits per heavy atom. The number of halogens is 1. The van der Waals surface area contributed by atoms with Crippen molar-refractivity contribution < 1.29 is 18.7 Å². The van der Waals surface area contributed by atoms with Crippen molar-refractivity contribution in [2.75, 3.05) is 12.5 Å². The molecule has 2 aromatic rings. The number of thioether (sulfide) groups is 1. The number of carbonyl (C=O) groups is 1. The number of benzene rings is 2. The van der Waals surface area contributed by atoms with Crippen LogP contribution in [0.1, 0.15) is 18.5 Å². The van der Waals surface area contributed by atoms with Gasteiger partial charge in [-0.1, -0.05) is 6.07 Å². The molecule has 0 bridgehead atoms. The minimum absolute atomic E-state index is 0.0792. The Hall–Kier alpha value is -2.21. The summed E-state index contributed by atoms with van der Waals surface area (Å²) in [5, 5.41) is 2.94. The zero-order valence-electron chi connectivity index (χ0n) is 12.5. The molecule has 4 nitrogen and oxygen atoms in total. The number of amides is 1. The molecule has 3 rings (SSSR count). The molecule has 1 heterocycles. The summed E-state index contributed by atoms with van der Waals surface area (Å²) in [6.45, 7) is 2.14. The van der Waals surface area contributed by atoms with Crippen LogP contribution in [0, 0.1) is 5.82 Å². The van der Waals surface area contributed by atoms with Gasteiger partial charge in [0.2, 0.25) is 12.7 Å². The number of hydrogen-bond donors (Lipinski definition) is 1. The Morgan fingerprint density at radius 3 is 2.74 bits per heavy atom. The van der Waals surface area contributed by atoms with Gasteiger partial charge >= 0.3 is 0 Å². The average molecular weight is 333 g/mol. The van der Waals surface area contributed by atoms with E-state index in [1.807, 2.05) is 25.1 Å². The van der Waals surface area contributed by atoms with Gasteiger partial charge in [0.25, 0.3) is 0 Å². The summed E-state index contributed by atoms with van der Waals surface area (Å²) >= 11 is 1.37. The first-order valence-electron chi connectivity index (χ1n) is 7.19. The number of hydrogen-bond acceptors (Lipinski definition) is 4. The number of carbonyl (C=O) groups excluding carboxylic acids is 1. The van der Waals surface area contributed by atoms with E-state index in [9.17, 15) is 9.18 Å². The highest BCUT2D eigenvalue weighted by Gasteiger charge is 2.16. The Kier molecular flexibility index (Phi) is 4.71.